The summed E-state index contributed by atoms with van der Waals surface area (Å²) in [5, 5.41) is 6.44. The van der Waals surface area contributed by atoms with Crippen molar-refractivity contribution in [2.75, 3.05) is 5.73 Å². The van der Waals surface area contributed by atoms with Crippen molar-refractivity contribution in [1.29, 1.82) is 0 Å². The Balaban J connectivity index is 1.72. The second kappa shape index (κ2) is 8.57. The highest BCUT2D eigenvalue weighted by molar-refractivity contribution is 7.27. The van der Waals surface area contributed by atoms with Gasteiger partial charge in [0.05, 0.1) is 29.3 Å². The molecule has 1 amide bonds. The molecule has 1 unspecified atom stereocenters. The van der Waals surface area contributed by atoms with Crippen molar-refractivity contribution in [2.45, 2.75) is 20.0 Å². The summed E-state index contributed by atoms with van der Waals surface area (Å²) in [6.45, 7) is 2.42. The predicted octanol–water partition coefficient (Wildman–Crippen LogP) is 2.65. The normalized spacial score (nSPS) is 11.1. The summed E-state index contributed by atoms with van der Waals surface area (Å²) in [7, 11) is 4.40. The van der Waals surface area contributed by atoms with Crippen molar-refractivity contribution in [2.24, 2.45) is 7.05 Å². The molecule has 0 saturated carbocycles. The molecule has 4 aromatic rings. The molecule has 1 aromatic carbocycles. The second-order valence-electron chi connectivity index (χ2n) is 7.29. The van der Waals surface area contributed by atoms with Gasteiger partial charge in [-0.3, -0.25) is 14.5 Å². The van der Waals surface area contributed by atoms with E-state index in [1.165, 1.54) is 0 Å². The number of anilines is 1. The number of hydrogen-bond donors (Lipinski definition) is 1. The van der Waals surface area contributed by atoms with E-state index in [1.807, 2.05) is 25.1 Å². The van der Waals surface area contributed by atoms with Crippen molar-refractivity contribution < 1.29 is 4.79 Å². The van der Waals surface area contributed by atoms with Gasteiger partial charge < -0.3 is 10.6 Å². The minimum Gasteiger partial charge on any atom is -0.383 e. The van der Waals surface area contributed by atoms with E-state index in [-0.39, 0.29) is 19.0 Å². The van der Waals surface area contributed by atoms with E-state index in [2.05, 4.69) is 29.3 Å². The highest BCUT2D eigenvalue weighted by Gasteiger charge is 2.21. The molecular formula is C21H21ClN7OP. The van der Waals surface area contributed by atoms with Gasteiger partial charge in [0.2, 0.25) is 0 Å². The summed E-state index contributed by atoms with van der Waals surface area (Å²) in [5.41, 5.74) is 8.80. The Morgan fingerprint density at radius 2 is 2.03 bits per heavy atom. The molecule has 4 rings (SSSR count). The number of pyridine rings is 2. The summed E-state index contributed by atoms with van der Waals surface area (Å²) >= 11 is 5.96. The monoisotopic (exact) mass is 453 g/mol. The number of carbonyl (C=O) groups excluding carboxylic acids is 1. The van der Waals surface area contributed by atoms with E-state index in [1.54, 1.807) is 41.3 Å². The van der Waals surface area contributed by atoms with Gasteiger partial charge in [0.1, 0.15) is 12.1 Å². The molecule has 0 saturated heterocycles. The van der Waals surface area contributed by atoms with Crippen molar-refractivity contribution in [3.63, 3.8) is 0 Å². The minimum atomic E-state index is -0.161. The topological polar surface area (TPSA) is 103 Å². The highest BCUT2D eigenvalue weighted by atomic mass is 35.5. The van der Waals surface area contributed by atoms with Crippen LogP contribution in [0.3, 0.4) is 0 Å². The number of fused-ring (bicyclic) bond motifs is 1. The van der Waals surface area contributed by atoms with Gasteiger partial charge in [0.25, 0.3) is 5.91 Å². The Morgan fingerprint density at radius 3 is 2.71 bits per heavy atom. The Bertz CT molecular complexity index is 1270. The van der Waals surface area contributed by atoms with E-state index in [0.29, 0.717) is 27.9 Å². The lowest BCUT2D eigenvalue weighted by Crippen LogP contribution is -2.33. The van der Waals surface area contributed by atoms with E-state index < -0.39 is 0 Å². The molecule has 158 valence electrons. The van der Waals surface area contributed by atoms with Crippen LogP contribution in [-0.4, -0.2) is 35.5 Å². The Hall–Kier alpha value is -3.09. The summed E-state index contributed by atoms with van der Waals surface area (Å²) in [6, 6.07) is 9.17. The molecule has 3 aromatic heterocycles. The first-order chi connectivity index (χ1) is 14.8. The van der Waals surface area contributed by atoms with Gasteiger partial charge in [-0.15, -0.1) is 9.24 Å². The van der Waals surface area contributed by atoms with Crippen LogP contribution < -0.4 is 11.0 Å². The van der Waals surface area contributed by atoms with Gasteiger partial charge in [-0.05, 0) is 48.1 Å². The third-order valence-corrected chi connectivity index (χ3v) is 5.56. The van der Waals surface area contributed by atoms with Gasteiger partial charge in [0, 0.05) is 24.2 Å². The summed E-state index contributed by atoms with van der Waals surface area (Å²) in [5.74, 6) is 0.861. The Kier molecular flexibility index (Phi) is 5.85. The second-order valence-corrected chi connectivity index (χ2v) is 8.34. The fourth-order valence-corrected chi connectivity index (χ4v) is 3.71. The summed E-state index contributed by atoms with van der Waals surface area (Å²) < 4.78 is 1.61. The number of halogens is 1. The van der Waals surface area contributed by atoms with Crippen LogP contribution in [0.4, 0.5) is 5.82 Å². The van der Waals surface area contributed by atoms with Crippen molar-refractivity contribution in [3.05, 3.63) is 70.5 Å². The third kappa shape index (κ3) is 4.65. The molecule has 3 heterocycles. The number of nitrogens with two attached hydrogens (primary N) is 1. The van der Waals surface area contributed by atoms with Gasteiger partial charge in [-0.1, -0.05) is 11.6 Å². The number of amides is 1. The van der Waals surface area contributed by atoms with Gasteiger partial charge in [0.15, 0.2) is 5.82 Å². The maximum atomic E-state index is 13.6. The third-order valence-electron chi connectivity index (χ3n) is 4.85. The molecule has 0 fully saturated rings. The van der Waals surface area contributed by atoms with E-state index >= 15 is 0 Å². The van der Waals surface area contributed by atoms with Crippen LogP contribution in [-0.2, 0) is 20.1 Å². The molecule has 31 heavy (non-hydrogen) atoms. The molecule has 0 radical (unpaired) electrons. The molecule has 8 nitrogen and oxygen atoms in total. The van der Waals surface area contributed by atoms with Crippen LogP contribution in [0, 0.1) is 6.92 Å². The van der Waals surface area contributed by atoms with Crippen LogP contribution >= 0.6 is 20.8 Å². The number of benzene rings is 1. The zero-order chi connectivity index (χ0) is 22.1. The first-order valence-corrected chi connectivity index (χ1v) is 10.5. The average molecular weight is 454 g/mol. The zero-order valence-corrected chi connectivity index (χ0v) is 19.0. The largest absolute Gasteiger partial charge is 0.383 e. The molecule has 1 atom stereocenters. The number of nitrogens with zero attached hydrogens (tertiary/aromatic N) is 6. The molecule has 2 N–H and O–H groups in total. The summed E-state index contributed by atoms with van der Waals surface area (Å²) in [4.78, 5) is 28.3. The number of rotatable bonds is 5. The standard InChI is InChI=1S/C21H21ClN7OP/c1-12-5-13-6-16(18(31)7-17(13)26-20(12)23)21(30)29(10-19-25-11-28(2)27-19)9-15-4-3-14(22)8-24-15/h3-8,11H,9-10,31H2,1-2H3,(H2,23,26). The zero-order valence-electron chi connectivity index (χ0n) is 17.1. The lowest BCUT2D eigenvalue weighted by molar-refractivity contribution is 0.0725. The van der Waals surface area contributed by atoms with Crippen LogP contribution in [0.1, 0.15) is 27.4 Å². The molecule has 10 heteroatoms. The maximum Gasteiger partial charge on any atom is 0.255 e. The quantitative estimate of drug-likeness (QED) is 0.466. The van der Waals surface area contributed by atoms with Crippen LogP contribution in [0.2, 0.25) is 5.02 Å². The number of hydrogen-bond acceptors (Lipinski definition) is 6. The number of carbonyl (C=O) groups is 1. The van der Waals surface area contributed by atoms with Crippen molar-refractivity contribution >= 4 is 48.8 Å². The van der Waals surface area contributed by atoms with Crippen LogP contribution in [0.25, 0.3) is 10.9 Å². The van der Waals surface area contributed by atoms with Gasteiger partial charge >= 0.3 is 0 Å². The van der Waals surface area contributed by atoms with Gasteiger partial charge in [-0.2, -0.15) is 5.10 Å². The maximum absolute atomic E-state index is 13.6. The Labute approximate surface area is 186 Å². The van der Waals surface area contributed by atoms with Crippen LogP contribution in [0.5, 0.6) is 0 Å². The lowest BCUT2D eigenvalue weighted by atomic mass is 10.1. The first kappa shape index (κ1) is 21.2. The molecule has 0 aliphatic carbocycles. The van der Waals surface area contributed by atoms with Crippen LogP contribution in [0.15, 0.2) is 42.9 Å². The number of nitrogen functional groups attached to an aromatic ring is 1. The Morgan fingerprint density at radius 1 is 1.23 bits per heavy atom. The highest BCUT2D eigenvalue weighted by Crippen LogP contribution is 2.21. The smallest absolute Gasteiger partial charge is 0.255 e. The number of aromatic nitrogens is 5. The number of aryl methyl sites for hydroxylation is 2. The molecule has 0 aliphatic rings. The fraction of sp³-hybridized carbons (Fsp3) is 0.190. The predicted molar refractivity (Wildman–Crippen MR) is 124 cm³/mol. The van der Waals surface area contributed by atoms with E-state index in [4.69, 9.17) is 17.3 Å². The average Bonchev–Trinajstić information content (AvgIpc) is 3.14. The summed E-state index contributed by atoms with van der Waals surface area (Å²) in [6.07, 6.45) is 3.17. The SMILES string of the molecule is Cc1cc2cc(C(=O)N(Cc3ccc(Cl)cn3)Cc3ncn(C)n3)c(P)cc2nc1N. The fourth-order valence-electron chi connectivity index (χ4n) is 3.24. The molecular weight excluding hydrogens is 433 g/mol. The van der Waals surface area contributed by atoms with E-state index in [9.17, 15) is 4.79 Å². The van der Waals surface area contributed by atoms with Gasteiger partial charge in [-0.25, -0.2) is 9.97 Å². The molecule has 0 bridgehead atoms. The van der Waals surface area contributed by atoms with Crippen molar-refractivity contribution in [3.8, 4) is 0 Å². The van der Waals surface area contributed by atoms with Crippen molar-refractivity contribution in [1.82, 2.24) is 29.6 Å². The molecule has 0 aliphatic heterocycles. The minimum absolute atomic E-state index is 0.161. The first-order valence-electron chi connectivity index (χ1n) is 9.50. The van der Waals surface area contributed by atoms with E-state index in [0.717, 1.165) is 21.8 Å². The molecule has 0 spiro atoms. The lowest BCUT2D eigenvalue weighted by Gasteiger charge is -2.22.